The molecule has 34 heavy (non-hydrogen) atoms. The second-order valence-electron chi connectivity index (χ2n) is 7.92. The maximum absolute atomic E-state index is 13.6. The lowest BCUT2D eigenvalue weighted by atomic mass is 10.0. The van der Waals surface area contributed by atoms with Crippen molar-refractivity contribution in [3.63, 3.8) is 0 Å². The Balaban J connectivity index is 1.87. The van der Waals surface area contributed by atoms with Gasteiger partial charge in [0.1, 0.15) is 0 Å². The third kappa shape index (κ3) is 4.33. The first-order chi connectivity index (χ1) is 16.1. The van der Waals surface area contributed by atoms with E-state index in [9.17, 15) is 9.59 Å². The van der Waals surface area contributed by atoms with Gasteiger partial charge in [-0.2, -0.15) is 0 Å². The number of esters is 1. The number of allylic oxidation sites excluding steroid dienone is 1. The largest absolute Gasteiger partial charge is 0.465 e. The number of hydrogen-bond acceptors (Lipinski definition) is 3. The van der Waals surface area contributed by atoms with Crippen LogP contribution in [0.3, 0.4) is 0 Å². The standard InChI is InChI=1S/C26H21BrCl2N2O3/c1-14-8-17(15(2)30(14)21-7-5-6-18(27)10-21)9-23-24(26(33)34-4)16(3)31(25(23)32)22-12-19(28)11-20(29)13-22/h5-13H,1-4H3/b23-9-. The average molecular weight is 560 g/mol. The molecule has 0 unspecified atom stereocenters. The van der Waals surface area contributed by atoms with Crippen LogP contribution in [0.15, 0.2) is 69.8 Å². The number of anilines is 1. The molecule has 4 rings (SSSR count). The van der Waals surface area contributed by atoms with Gasteiger partial charge in [0.15, 0.2) is 0 Å². The predicted molar refractivity (Wildman–Crippen MR) is 140 cm³/mol. The highest BCUT2D eigenvalue weighted by molar-refractivity contribution is 9.10. The molecule has 8 heteroatoms. The number of amides is 1. The second-order valence-corrected chi connectivity index (χ2v) is 9.71. The van der Waals surface area contributed by atoms with Gasteiger partial charge in [0, 0.05) is 37.3 Å². The molecule has 0 bridgehead atoms. The van der Waals surface area contributed by atoms with Gasteiger partial charge in [0.05, 0.1) is 23.9 Å². The molecule has 3 aromatic rings. The van der Waals surface area contributed by atoms with Crippen LogP contribution >= 0.6 is 39.1 Å². The molecule has 1 aliphatic heterocycles. The van der Waals surface area contributed by atoms with Crippen LogP contribution in [-0.2, 0) is 14.3 Å². The topological polar surface area (TPSA) is 51.5 Å². The molecule has 0 fully saturated rings. The van der Waals surface area contributed by atoms with Crippen molar-refractivity contribution in [2.75, 3.05) is 12.0 Å². The number of aryl methyl sites for hydroxylation is 1. The van der Waals surface area contributed by atoms with Crippen molar-refractivity contribution in [3.05, 3.63) is 96.8 Å². The molecule has 0 atom stereocenters. The van der Waals surface area contributed by atoms with Crippen LogP contribution in [0, 0.1) is 13.8 Å². The van der Waals surface area contributed by atoms with Gasteiger partial charge < -0.3 is 9.30 Å². The maximum atomic E-state index is 13.6. The quantitative estimate of drug-likeness (QED) is 0.254. The van der Waals surface area contributed by atoms with Crippen molar-refractivity contribution in [1.82, 2.24) is 4.57 Å². The van der Waals surface area contributed by atoms with Crippen LogP contribution in [0.2, 0.25) is 10.0 Å². The molecule has 0 saturated carbocycles. The van der Waals surface area contributed by atoms with E-state index < -0.39 is 5.97 Å². The minimum atomic E-state index is -0.589. The molecular weight excluding hydrogens is 539 g/mol. The summed E-state index contributed by atoms with van der Waals surface area (Å²) in [5.74, 6) is -0.947. The summed E-state index contributed by atoms with van der Waals surface area (Å²) in [6.07, 6.45) is 1.74. The Morgan fingerprint density at radius 3 is 2.29 bits per heavy atom. The summed E-state index contributed by atoms with van der Waals surface area (Å²) in [5, 5.41) is 0.774. The van der Waals surface area contributed by atoms with E-state index in [2.05, 4.69) is 20.5 Å². The van der Waals surface area contributed by atoms with E-state index in [-0.39, 0.29) is 17.1 Å². The Kier molecular flexibility index (Phi) is 6.76. The third-order valence-corrected chi connectivity index (χ3v) is 6.66. The Hall–Kier alpha value is -2.80. The zero-order valence-corrected chi connectivity index (χ0v) is 22.0. The number of carbonyl (C=O) groups is 2. The number of methoxy groups -OCH3 is 1. The summed E-state index contributed by atoms with van der Waals surface area (Å²) in [4.78, 5) is 27.8. The molecule has 0 radical (unpaired) electrons. The predicted octanol–water partition coefficient (Wildman–Crippen LogP) is 7.04. The maximum Gasteiger partial charge on any atom is 0.340 e. The molecule has 1 aliphatic rings. The minimum absolute atomic E-state index is 0.204. The van der Waals surface area contributed by atoms with Gasteiger partial charge in [0.2, 0.25) is 0 Å². The van der Waals surface area contributed by atoms with Crippen molar-refractivity contribution in [2.45, 2.75) is 20.8 Å². The summed E-state index contributed by atoms with van der Waals surface area (Å²) in [7, 11) is 1.29. The van der Waals surface area contributed by atoms with E-state index in [1.165, 1.54) is 12.0 Å². The summed E-state index contributed by atoms with van der Waals surface area (Å²) in [6.45, 7) is 5.67. The summed E-state index contributed by atoms with van der Waals surface area (Å²) < 4.78 is 8.08. The lowest BCUT2D eigenvalue weighted by Gasteiger charge is -2.18. The summed E-state index contributed by atoms with van der Waals surface area (Å²) in [6, 6.07) is 14.8. The molecule has 0 aliphatic carbocycles. The van der Waals surface area contributed by atoms with Crippen molar-refractivity contribution in [2.24, 2.45) is 0 Å². The lowest BCUT2D eigenvalue weighted by molar-refractivity contribution is -0.136. The SMILES string of the molecule is COC(=O)C1=C(C)N(c2cc(Cl)cc(Cl)c2)C(=O)/C1=C\c1cc(C)n(-c2cccc(Br)c2)c1C. The van der Waals surface area contributed by atoms with Gasteiger partial charge in [-0.1, -0.05) is 45.2 Å². The van der Waals surface area contributed by atoms with Crippen LogP contribution in [0.1, 0.15) is 23.9 Å². The molecule has 1 amide bonds. The van der Waals surface area contributed by atoms with E-state index in [1.807, 2.05) is 44.2 Å². The van der Waals surface area contributed by atoms with Crippen LogP contribution in [0.25, 0.3) is 11.8 Å². The number of nitrogens with zero attached hydrogens (tertiary/aromatic N) is 2. The number of aromatic nitrogens is 1. The number of halogens is 3. The van der Waals surface area contributed by atoms with Crippen molar-refractivity contribution in [1.29, 1.82) is 0 Å². The van der Waals surface area contributed by atoms with Gasteiger partial charge in [-0.15, -0.1) is 0 Å². The number of benzene rings is 2. The molecule has 0 spiro atoms. The zero-order valence-electron chi connectivity index (χ0n) is 18.9. The van der Waals surface area contributed by atoms with Gasteiger partial charge >= 0.3 is 5.97 Å². The van der Waals surface area contributed by atoms with E-state index in [1.54, 1.807) is 31.2 Å². The Morgan fingerprint density at radius 1 is 1.00 bits per heavy atom. The van der Waals surface area contributed by atoms with Gasteiger partial charge in [-0.3, -0.25) is 9.69 Å². The second kappa shape index (κ2) is 9.45. The molecule has 2 aromatic carbocycles. The van der Waals surface area contributed by atoms with E-state index >= 15 is 0 Å². The van der Waals surface area contributed by atoms with E-state index in [0.29, 0.717) is 21.4 Å². The molecule has 1 aromatic heterocycles. The van der Waals surface area contributed by atoms with Crippen LogP contribution < -0.4 is 4.90 Å². The van der Waals surface area contributed by atoms with Crippen molar-refractivity contribution < 1.29 is 14.3 Å². The smallest absolute Gasteiger partial charge is 0.340 e. The number of ether oxygens (including phenoxy) is 1. The Labute approximate surface area is 216 Å². The normalized spacial score (nSPS) is 15.0. The van der Waals surface area contributed by atoms with Crippen molar-refractivity contribution in [3.8, 4) is 5.69 Å². The molecule has 2 heterocycles. The Bertz CT molecular complexity index is 1380. The minimum Gasteiger partial charge on any atom is -0.465 e. The zero-order chi connectivity index (χ0) is 24.7. The van der Waals surface area contributed by atoms with E-state index in [4.69, 9.17) is 27.9 Å². The molecule has 0 saturated heterocycles. The number of hydrogen-bond donors (Lipinski definition) is 0. The molecular formula is C26H21BrCl2N2O3. The highest BCUT2D eigenvalue weighted by atomic mass is 79.9. The van der Waals surface area contributed by atoms with Gasteiger partial charge in [-0.25, -0.2) is 4.79 Å². The van der Waals surface area contributed by atoms with Crippen molar-refractivity contribution >= 4 is 62.8 Å². The number of carbonyl (C=O) groups excluding carboxylic acids is 2. The molecule has 0 N–H and O–H groups in total. The molecule has 174 valence electrons. The third-order valence-electron chi connectivity index (χ3n) is 5.73. The van der Waals surface area contributed by atoms with Crippen LogP contribution in [0.4, 0.5) is 5.69 Å². The Morgan fingerprint density at radius 2 is 1.68 bits per heavy atom. The summed E-state index contributed by atoms with van der Waals surface area (Å²) >= 11 is 15.9. The fourth-order valence-corrected chi connectivity index (χ4v) is 5.16. The highest BCUT2D eigenvalue weighted by Gasteiger charge is 2.38. The van der Waals surface area contributed by atoms with Gasteiger partial charge in [0.25, 0.3) is 5.91 Å². The first-order valence-electron chi connectivity index (χ1n) is 10.4. The van der Waals surface area contributed by atoms with Crippen LogP contribution in [-0.4, -0.2) is 23.6 Å². The summed E-state index contributed by atoms with van der Waals surface area (Å²) in [5.41, 5.74) is 5.11. The highest BCUT2D eigenvalue weighted by Crippen LogP contribution is 2.38. The fourth-order valence-electron chi connectivity index (χ4n) is 4.26. The fraction of sp³-hybridized carbons (Fsp3) is 0.154. The number of rotatable bonds is 4. The van der Waals surface area contributed by atoms with Crippen LogP contribution in [0.5, 0.6) is 0 Å². The average Bonchev–Trinajstić information content (AvgIpc) is 3.18. The first-order valence-corrected chi connectivity index (χ1v) is 11.9. The monoisotopic (exact) mass is 558 g/mol. The lowest BCUT2D eigenvalue weighted by Crippen LogP contribution is -2.24. The van der Waals surface area contributed by atoms with E-state index in [0.717, 1.165) is 27.1 Å². The van der Waals surface area contributed by atoms with Gasteiger partial charge in [-0.05, 0) is 74.9 Å². The molecule has 5 nitrogen and oxygen atoms in total. The first kappa shape index (κ1) is 24.3.